The molecule has 118 valence electrons. The Labute approximate surface area is 148 Å². The van der Waals surface area contributed by atoms with Gasteiger partial charge in [0.05, 0.1) is 16.2 Å². The van der Waals surface area contributed by atoms with Crippen LogP contribution in [-0.2, 0) is 0 Å². The van der Waals surface area contributed by atoms with Crippen molar-refractivity contribution in [3.8, 4) is 5.75 Å². The van der Waals surface area contributed by atoms with E-state index in [1.165, 1.54) is 0 Å². The van der Waals surface area contributed by atoms with Crippen molar-refractivity contribution in [3.05, 3.63) is 70.2 Å². The lowest BCUT2D eigenvalue weighted by atomic mass is 10.1. The van der Waals surface area contributed by atoms with Crippen molar-refractivity contribution < 1.29 is 5.11 Å². The summed E-state index contributed by atoms with van der Waals surface area (Å²) in [6.45, 7) is 0. The minimum Gasteiger partial charge on any atom is -0.507 e. The molecule has 2 N–H and O–H groups in total. The number of rotatable bonds is 2. The van der Waals surface area contributed by atoms with Crippen LogP contribution >= 0.6 is 23.2 Å². The summed E-state index contributed by atoms with van der Waals surface area (Å²) in [5, 5.41) is 13.4. The minimum absolute atomic E-state index is 0.193. The molecule has 0 aliphatic rings. The fourth-order valence-electron chi connectivity index (χ4n) is 2.77. The molecule has 1 heterocycles. The number of nitrogens with one attached hydrogen (secondary N) is 1. The Hall–Kier alpha value is -2.49. The average molecular weight is 355 g/mol. The van der Waals surface area contributed by atoms with E-state index in [-0.39, 0.29) is 5.75 Å². The summed E-state index contributed by atoms with van der Waals surface area (Å²) in [6.07, 6.45) is 1.60. The van der Waals surface area contributed by atoms with Gasteiger partial charge in [-0.05, 0) is 36.4 Å². The molecule has 0 saturated heterocycles. The molecule has 1 aromatic heterocycles. The topological polar surface area (TPSA) is 48.4 Å². The van der Waals surface area contributed by atoms with Gasteiger partial charge in [0.2, 0.25) is 0 Å². The summed E-state index contributed by atoms with van der Waals surface area (Å²) in [6, 6.07) is 16.7. The van der Waals surface area contributed by atoms with E-state index in [4.69, 9.17) is 23.2 Å². The summed E-state index contributed by atoms with van der Waals surface area (Å²) in [4.78, 5) is 7.66. The summed E-state index contributed by atoms with van der Waals surface area (Å²) in [5.74, 6) is 0.193. The Morgan fingerprint density at radius 2 is 1.79 bits per heavy atom. The Balaban J connectivity index is 1.83. The lowest BCUT2D eigenvalue weighted by Gasteiger charge is -2.02. The molecular formula is C19H12Cl2N2O. The van der Waals surface area contributed by atoms with Crippen molar-refractivity contribution in [2.75, 3.05) is 0 Å². The molecule has 0 saturated carbocycles. The Bertz CT molecular complexity index is 1100. The first-order valence-corrected chi connectivity index (χ1v) is 8.10. The molecule has 0 unspecified atom stereocenters. The van der Waals surface area contributed by atoms with Crippen molar-refractivity contribution in [2.45, 2.75) is 0 Å². The molecule has 24 heavy (non-hydrogen) atoms. The van der Waals surface area contributed by atoms with E-state index in [0.29, 0.717) is 21.3 Å². The minimum atomic E-state index is 0.193. The van der Waals surface area contributed by atoms with Crippen molar-refractivity contribution in [1.82, 2.24) is 4.98 Å². The lowest BCUT2D eigenvalue weighted by Crippen LogP contribution is -1.83. The van der Waals surface area contributed by atoms with Gasteiger partial charge in [0.25, 0.3) is 0 Å². The molecule has 5 heteroatoms. The number of nitrogens with zero attached hydrogens (tertiary/aromatic N) is 1. The third kappa shape index (κ3) is 2.52. The van der Waals surface area contributed by atoms with Gasteiger partial charge < -0.3 is 10.1 Å². The Morgan fingerprint density at radius 3 is 2.62 bits per heavy atom. The zero-order valence-electron chi connectivity index (χ0n) is 12.4. The van der Waals surface area contributed by atoms with Crippen LogP contribution in [0.2, 0.25) is 10.0 Å². The summed E-state index contributed by atoms with van der Waals surface area (Å²) >= 11 is 12.0. The molecular weight excluding hydrogens is 343 g/mol. The van der Waals surface area contributed by atoms with Gasteiger partial charge in [-0.25, -0.2) is 0 Å². The van der Waals surface area contributed by atoms with Crippen molar-refractivity contribution in [1.29, 1.82) is 0 Å². The van der Waals surface area contributed by atoms with Crippen LogP contribution in [-0.4, -0.2) is 16.3 Å². The molecule has 0 aliphatic carbocycles. The number of halogens is 2. The molecule has 0 fully saturated rings. The Kier molecular flexibility index (Phi) is 3.68. The maximum absolute atomic E-state index is 10.7. The number of para-hydroxylation sites is 1. The number of aromatic hydroxyl groups is 1. The molecule has 0 radical (unpaired) electrons. The largest absolute Gasteiger partial charge is 0.507 e. The summed E-state index contributed by atoms with van der Waals surface area (Å²) < 4.78 is 0. The quantitative estimate of drug-likeness (QED) is 0.420. The number of hydrogen-bond donors (Lipinski definition) is 2. The van der Waals surface area contributed by atoms with Crippen molar-refractivity contribution in [3.63, 3.8) is 0 Å². The van der Waals surface area contributed by atoms with Gasteiger partial charge in [-0.15, -0.1) is 0 Å². The third-order valence-corrected chi connectivity index (χ3v) is 4.47. The summed E-state index contributed by atoms with van der Waals surface area (Å²) in [5.41, 5.74) is 3.09. The fourth-order valence-corrected chi connectivity index (χ4v) is 3.23. The van der Waals surface area contributed by atoms with Gasteiger partial charge in [0, 0.05) is 33.1 Å². The van der Waals surface area contributed by atoms with E-state index in [1.54, 1.807) is 24.4 Å². The zero-order chi connectivity index (χ0) is 16.7. The number of phenols is 1. The highest BCUT2D eigenvalue weighted by atomic mass is 35.5. The molecule has 4 aromatic rings. The van der Waals surface area contributed by atoms with Crippen LogP contribution in [0, 0.1) is 0 Å². The second kappa shape index (κ2) is 5.86. The number of aromatic nitrogens is 1. The molecule has 0 spiro atoms. The van der Waals surface area contributed by atoms with Crippen LogP contribution in [0.1, 0.15) is 5.56 Å². The monoisotopic (exact) mass is 354 g/mol. The van der Waals surface area contributed by atoms with E-state index in [2.05, 4.69) is 9.98 Å². The number of benzene rings is 3. The molecule has 4 rings (SSSR count). The standard InChI is InChI=1S/C19H12Cl2N2O/c20-12-6-8-16(14(21)9-12)22-10-11-5-7-17-18(19(11)24)13-3-1-2-4-15(13)23-17/h1-10,23-24H. The van der Waals surface area contributed by atoms with Crippen molar-refractivity contribution >= 4 is 56.9 Å². The number of aromatic amines is 1. The number of hydrogen-bond acceptors (Lipinski definition) is 2. The molecule has 3 aromatic carbocycles. The normalized spacial score (nSPS) is 11.8. The molecule has 0 bridgehead atoms. The highest BCUT2D eigenvalue weighted by molar-refractivity contribution is 6.36. The van der Waals surface area contributed by atoms with Gasteiger partial charge in [-0.2, -0.15) is 0 Å². The first-order valence-electron chi connectivity index (χ1n) is 7.35. The van der Waals surface area contributed by atoms with Crippen LogP contribution in [0.25, 0.3) is 21.8 Å². The highest BCUT2D eigenvalue weighted by Gasteiger charge is 2.11. The second-order valence-electron chi connectivity index (χ2n) is 5.45. The van der Waals surface area contributed by atoms with Crippen LogP contribution in [0.3, 0.4) is 0 Å². The van der Waals surface area contributed by atoms with Gasteiger partial charge in [-0.1, -0.05) is 41.4 Å². The first-order chi connectivity index (χ1) is 11.6. The number of H-pyrrole nitrogens is 1. The maximum atomic E-state index is 10.7. The van der Waals surface area contributed by atoms with E-state index >= 15 is 0 Å². The zero-order valence-corrected chi connectivity index (χ0v) is 13.9. The van der Waals surface area contributed by atoms with Crippen LogP contribution in [0.15, 0.2) is 59.6 Å². The highest BCUT2D eigenvalue weighted by Crippen LogP contribution is 2.35. The fraction of sp³-hybridized carbons (Fsp3) is 0. The second-order valence-corrected chi connectivity index (χ2v) is 6.29. The smallest absolute Gasteiger partial charge is 0.134 e. The van der Waals surface area contributed by atoms with E-state index in [9.17, 15) is 5.11 Å². The Morgan fingerprint density at radius 1 is 0.958 bits per heavy atom. The SMILES string of the molecule is Oc1c(C=Nc2ccc(Cl)cc2Cl)ccc2[nH]c3ccccc3c12. The molecule has 0 atom stereocenters. The van der Waals surface area contributed by atoms with Crippen LogP contribution in [0.5, 0.6) is 5.75 Å². The molecule has 0 aliphatic heterocycles. The van der Waals surface area contributed by atoms with E-state index in [1.807, 2.05) is 36.4 Å². The first kappa shape index (κ1) is 15.1. The number of fused-ring (bicyclic) bond motifs is 3. The van der Waals surface area contributed by atoms with Crippen LogP contribution in [0.4, 0.5) is 5.69 Å². The van der Waals surface area contributed by atoms with Gasteiger partial charge >= 0.3 is 0 Å². The van der Waals surface area contributed by atoms with Gasteiger partial charge in [-0.3, -0.25) is 4.99 Å². The predicted molar refractivity (Wildman–Crippen MR) is 101 cm³/mol. The number of phenolic OH excluding ortho intramolecular Hbond substituents is 1. The van der Waals surface area contributed by atoms with E-state index in [0.717, 1.165) is 21.8 Å². The number of aliphatic imine (C=N–C) groups is 1. The predicted octanol–water partition coefficient (Wildman–Crippen LogP) is 6.08. The van der Waals surface area contributed by atoms with Crippen LogP contribution < -0.4 is 0 Å². The van der Waals surface area contributed by atoms with Crippen molar-refractivity contribution in [2.24, 2.45) is 4.99 Å². The molecule has 0 amide bonds. The lowest BCUT2D eigenvalue weighted by molar-refractivity contribution is 0.481. The van der Waals surface area contributed by atoms with E-state index < -0.39 is 0 Å². The average Bonchev–Trinajstić information content (AvgIpc) is 2.95. The third-order valence-electron chi connectivity index (χ3n) is 3.93. The van der Waals surface area contributed by atoms with Gasteiger partial charge in [0.1, 0.15) is 5.75 Å². The summed E-state index contributed by atoms with van der Waals surface area (Å²) in [7, 11) is 0. The van der Waals surface area contributed by atoms with Gasteiger partial charge in [0.15, 0.2) is 0 Å². The maximum Gasteiger partial charge on any atom is 0.134 e. The molecule has 3 nitrogen and oxygen atoms in total.